The highest BCUT2D eigenvalue weighted by atomic mass is 16.4. The van der Waals surface area contributed by atoms with Crippen LogP contribution >= 0.6 is 0 Å². The van der Waals surface area contributed by atoms with Crippen LogP contribution in [0.4, 0.5) is 0 Å². The fraction of sp³-hybridized carbons (Fsp3) is 0.750. The quantitative estimate of drug-likeness (QED) is 0.464. The fourth-order valence-electron chi connectivity index (χ4n) is 0.227. The average Bonchev–Trinajstić information content (AvgIpc) is 1.61. The van der Waals surface area contributed by atoms with Crippen LogP contribution in [0.1, 0.15) is 6.42 Å². The van der Waals surface area contributed by atoms with Gasteiger partial charge in [-0.3, -0.25) is 0 Å². The Balaban J connectivity index is 2.82. The Bertz CT molecular complexity index is 62.7. The van der Waals surface area contributed by atoms with Crippen molar-refractivity contribution in [2.24, 2.45) is 0 Å². The summed E-state index contributed by atoms with van der Waals surface area (Å²) in [5, 5.41) is 12.3. The van der Waals surface area contributed by atoms with Crippen molar-refractivity contribution < 1.29 is 9.90 Å². The van der Waals surface area contributed by atoms with Crippen LogP contribution in [0.3, 0.4) is 0 Å². The van der Waals surface area contributed by atoms with E-state index in [9.17, 15) is 9.90 Å². The van der Waals surface area contributed by atoms with Gasteiger partial charge in [0.05, 0.1) is 0 Å². The molecule has 0 spiro atoms. The molecule has 1 N–H and O–H groups in total. The SMILES string of the molecule is CNCCC(=O)[O-]. The van der Waals surface area contributed by atoms with E-state index in [0.29, 0.717) is 6.54 Å². The van der Waals surface area contributed by atoms with Crippen LogP contribution in [0.2, 0.25) is 0 Å². The Morgan fingerprint density at radius 2 is 2.43 bits per heavy atom. The first-order valence-corrected chi connectivity index (χ1v) is 2.12. The first-order chi connectivity index (χ1) is 3.27. The van der Waals surface area contributed by atoms with Gasteiger partial charge < -0.3 is 15.2 Å². The maximum atomic E-state index is 9.61. The Morgan fingerprint density at radius 1 is 1.86 bits per heavy atom. The highest BCUT2D eigenvalue weighted by molar-refractivity contribution is 5.64. The molecule has 0 rings (SSSR count). The van der Waals surface area contributed by atoms with Gasteiger partial charge in [0.25, 0.3) is 0 Å². The largest absolute Gasteiger partial charge is 0.550 e. The van der Waals surface area contributed by atoms with Gasteiger partial charge in [0.2, 0.25) is 0 Å². The van der Waals surface area contributed by atoms with E-state index in [2.05, 4.69) is 5.32 Å². The predicted molar refractivity (Wildman–Crippen MR) is 23.6 cm³/mol. The van der Waals surface area contributed by atoms with E-state index in [4.69, 9.17) is 0 Å². The third kappa shape index (κ3) is 5.43. The normalized spacial score (nSPS) is 8.71. The molecule has 0 saturated heterocycles. The van der Waals surface area contributed by atoms with E-state index in [0.717, 1.165) is 0 Å². The van der Waals surface area contributed by atoms with Crippen LogP contribution in [-0.4, -0.2) is 19.6 Å². The van der Waals surface area contributed by atoms with Gasteiger partial charge in [-0.15, -0.1) is 0 Å². The highest BCUT2D eigenvalue weighted by Gasteiger charge is 1.79. The molecule has 0 unspecified atom stereocenters. The molecule has 0 heterocycles. The first kappa shape index (κ1) is 6.43. The molecule has 7 heavy (non-hydrogen) atoms. The van der Waals surface area contributed by atoms with Gasteiger partial charge in [0, 0.05) is 12.5 Å². The van der Waals surface area contributed by atoms with Gasteiger partial charge in [-0.1, -0.05) is 0 Å². The molecule has 0 bridgehead atoms. The van der Waals surface area contributed by atoms with E-state index < -0.39 is 5.97 Å². The van der Waals surface area contributed by atoms with E-state index in [1.807, 2.05) is 0 Å². The number of carboxylic acids is 1. The average molecular weight is 102 g/mol. The van der Waals surface area contributed by atoms with Crippen LogP contribution < -0.4 is 10.4 Å². The van der Waals surface area contributed by atoms with Crippen molar-refractivity contribution in [3.8, 4) is 0 Å². The van der Waals surface area contributed by atoms with Crippen LogP contribution in [0, 0.1) is 0 Å². The highest BCUT2D eigenvalue weighted by Crippen LogP contribution is 1.66. The summed E-state index contributed by atoms with van der Waals surface area (Å²) >= 11 is 0. The Hall–Kier alpha value is -0.570. The van der Waals surface area contributed by atoms with Crippen molar-refractivity contribution in [1.29, 1.82) is 0 Å². The molecule has 42 valence electrons. The second-order valence-electron chi connectivity index (χ2n) is 1.23. The molecule has 0 atom stereocenters. The van der Waals surface area contributed by atoms with Crippen molar-refractivity contribution in [2.45, 2.75) is 6.42 Å². The minimum absolute atomic E-state index is 0.0938. The smallest absolute Gasteiger partial charge is 0.0426 e. The molecule has 0 aromatic heterocycles. The third-order valence-corrected chi connectivity index (χ3v) is 0.579. The van der Waals surface area contributed by atoms with Crippen molar-refractivity contribution in [1.82, 2.24) is 5.32 Å². The second kappa shape index (κ2) is 3.61. The number of carboxylic acid groups (broad SMARTS) is 1. The lowest BCUT2D eigenvalue weighted by Crippen LogP contribution is -2.26. The van der Waals surface area contributed by atoms with Crippen molar-refractivity contribution in [2.75, 3.05) is 13.6 Å². The molecule has 0 amide bonds. The van der Waals surface area contributed by atoms with Gasteiger partial charge in [-0.05, 0) is 13.5 Å². The third-order valence-electron chi connectivity index (χ3n) is 0.579. The summed E-state index contributed by atoms with van der Waals surface area (Å²) in [5.74, 6) is -1.01. The monoisotopic (exact) mass is 102 g/mol. The first-order valence-electron chi connectivity index (χ1n) is 2.12. The summed E-state index contributed by atoms with van der Waals surface area (Å²) in [6.45, 7) is 0.488. The van der Waals surface area contributed by atoms with Gasteiger partial charge in [-0.2, -0.15) is 0 Å². The molecule has 3 heteroatoms. The van der Waals surface area contributed by atoms with E-state index in [-0.39, 0.29) is 6.42 Å². The molecular formula is C4H8NO2-. The molecule has 0 saturated carbocycles. The molecular weight excluding hydrogens is 94.0 g/mol. The summed E-state index contributed by atoms with van der Waals surface area (Å²) in [7, 11) is 1.70. The zero-order chi connectivity index (χ0) is 5.70. The Kier molecular flexibility index (Phi) is 3.32. The molecule has 0 aliphatic rings. The van der Waals surface area contributed by atoms with Gasteiger partial charge >= 0.3 is 0 Å². The van der Waals surface area contributed by atoms with Crippen molar-refractivity contribution >= 4 is 5.97 Å². The van der Waals surface area contributed by atoms with E-state index in [1.54, 1.807) is 7.05 Å². The summed E-state index contributed by atoms with van der Waals surface area (Å²) in [5.41, 5.74) is 0. The number of hydrogen-bond acceptors (Lipinski definition) is 3. The van der Waals surface area contributed by atoms with E-state index in [1.165, 1.54) is 0 Å². The number of rotatable bonds is 3. The van der Waals surface area contributed by atoms with Gasteiger partial charge in [-0.25, -0.2) is 0 Å². The van der Waals surface area contributed by atoms with E-state index >= 15 is 0 Å². The standard InChI is InChI=1S/C4H9NO2/c1-5-3-2-4(6)7/h5H,2-3H2,1H3,(H,6,7)/p-1. The van der Waals surface area contributed by atoms with Gasteiger partial charge in [0.15, 0.2) is 0 Å². The minimum atomic E-state index is -1.01. The topological polar surface area (TPSA) is 52.2 Å². The lowest BCUT2D eigenvalue weighted by atomic mass is 10.4. The molecule has 0 aromatic rings. The van der Waals surface area contributed by atoms with Crippen LogP contribution in [0.15, 0.2) is 0 Å². The summed E-state index contributed by atoms with van der Waals surface area (Å²) < 4.78 is 0. The lowest BCUT2D eigenvalue weighted by Gasteiger charge is -1.97. The Morgan fingerprint density at radius 3 is 2.57 bits per heavy atom. The number of aliphatic carboxylic acids is 1. The van der Waals surface area contributed by atoms with Gasteiger partial charge in [0.1, 0.15) is 0 Å². The number of hydrogen-bond donors (Lipinski definition) is 1. The van der Waals surface area contributed by atoms with Crippen molar-refractivity contribution in [3.63, 3.8) is 0 Å². The molecule has 0 aliphatic carbocycles. The molecule has 0 radical (unpaired) electrons. The molecule has 0 aliphatic heterocycles. The zero-order valence-electron chi connectivity index (χ0n) is 4.23. The molecule has 3 nitrogen and oxygen atoms in total. The van der Waals surface area contributed by atoms with Crippen LogP contribution in [0.25, 0.3) is 0 Å². The Labute approximate surface area is 42.3 Å². The zero-order valence-corrected chi connectivity index (χ0v) is 4.23. The van der Waals surface area contributed by atoms with Crippen LogP contribution in [-0.2, 0) is 4.79 Å². The summed E-state index contributed by atoms with van der Waals surface area (Å²) in [6, 6.07) is 0. The maximum absolute atomic E-state index is 9.61. The molecule has 0 fully saturated rings. The minimum Gasteiger partial charge on any atom is -0.550 e. The second-order valence-corrected chi connectivity index (χ2v) is 1.23. The summed E-state index contributed by atoms with van der Waals surface area (Å²) in [6.07, 6.45) is 0.0938. The maximum Gasteiger partial charge on any atom is 0.0426 e. The van der Waals surface area contributed by atoms with Crippen molar-refractivity contribution in [3.05, 3.63) is 0 Å². The molecule has 0 aromatic carbocycles. The predicted octanol–water partition coefficient (Wildman–Crippen LogP) is -1.65. The summed E-state index contributed by atoms with van der Waals surface area (Å²) in [4.78, 5) is 9.61. The lowest BCUT2D eigenvalue weighted by molar-refractivity contribution is -0.305. The number of carbonyl (C=O) groups is 1. The number of nitrogens with one attached hydrogen (secondary N) is 1. The van der Waals surface area contributed by atoms with Crippen LogP contribution in [0.5, 0.6) is 0 Å². The number of carbonyl (C=O) groups excluding carboxylic acids is 1. The fourth-order valence-corrected chi connectivity index (χ4v) is 0.227.